The van der Waals surface area contributed by atoms with E-state index in [9.17, 15) is 9.59 Å². The van der Waals surface area contributed by atoms with Gasteiger partial charge in [0.1, 0.15) is 22.2 Å². The number of aryl methyl sites for hydroxylation is 5. The van der Waals surface area contributed by atoms with Crippen LogP contribution in [0.3, 0.4) is 0 Å². The van der Waals surface area contributed by atoms with Crippen LogP contribution in [0.2, 0.25) is 0 Å². The van der Waals surface area contributed by atoms with Crippen LogP contribution in [-0.4, -0.2) is 21.8 Å². The highest BCUT2D eigenvalue weighted by Gasteiger charge is 2.20. The van der Waals surface area contributed by atoms with Gasteiger partial charge in [0, 0.05) is 11.1 Å². The smallest absolute Gasteiger partial charge is 0.280 e. The van der Waals surface area contributed by atoms with Gasteiger partial charge in [0.2, 0.25) is 0 Å². The van der Waals surface area contributed by atoms with Gasteiger partial charge in [-0.15, -0.1) is 11.3 Å². The Morgan fingerprint density at radius 2 is 1.72 bits per heavy atom. The van der Waals surface area contributed by atoms with Gasteiger partial charge in [-0.05, 0) is 46.2 Å². The average molecular weight is 358 g/mol. The first-order chi connectivity index (χ1) is 11.8. The fourth-order valence-electron chi connectivity index (χ4n) is 2.78. The van der Waals surface area contributed by atoms with Crippen molar-refractivity contribution in [3.8, 4) is 0 Å². The Bertz CT molecular complexity index is 1000. The van der Waals surface area contributed by atoms with Crippen LogP contribution in [0.1, 0.15) is 48.6 Å². The number of carbonyl (C=O) groups excluding carboxylic acids is 2. The van der Waals surface area contributed by atoms with Gasteiger partial charge < -0.3 is 4.42 Å². The number of hydrazine groups is 1. The molecule has 2 amide bonds. The normalized spacial score (nSPS) is 10.9. The molecule has 3 aromatic rings. The highest BCUT2D eigenvalue weighted by Crippen LogP contribution is 2.31. The highest BCUT2D eigenvalue weighted by atomic mass is 32.1. The van der Waals surface area contributed by atoms with Crippen LogP contribution >= 0.6 is 11.3 Å². The summed E-state index contributed by atoms with van der Waals surface area (Å²) in [4.78, 5) is 34.6. The lowest BCUT2D eigenvalue weighted by molar-refractivity contribution is 0.0847. The van der Waals surface area contributed by atoms with Crippen molar-refractivity contribution in [2.45, 2.75) is 34.6 Å². The quantitative estimate of drug-likeness (QED) is 0.687. The van der Waals surface area contributed by atoms with Crippen molar-refractivity contribution in [1.29, 1.82) is 0 Å². The maximum absolute atomic E-state index is 12.5. The summed E-state index contributed by atoms with van der Waals surface area (Å²) in [5.74, 6) is 0.997. The van der Waals surface area contributed by atoms with E-state index in [2.05, 4.69) is 20.8 Å². The van der Waals surface area contributed by atoms with Crippen molar-refractivity contribution in [1.82, 2.24) is 20.8 Å². The van der Waals surface area contributed by atoms with Crippen LogP contribution < -0.4 is 10.9 Å². The zero-order valence-electron chi connectivity index (χ0n) is 14.6. The Hall–Kier alpha value is -2.74. The molecular formula is C17H18N4O3S. The summed E-state index contributed by atoms with van der Waals surface area (Å²) >= 11 is 1.28. The lowest BCUT2D eigenvalue weighted by Crippen LogP contribution is -2.41. The van der Waals surface area contributed by atoms with Crippen LogP contribution in [0.15, 0.2) is 10.5 Å². The molecule has 0 saturated carbocycles. The number of amides is 2. The van der Waals surface area contributed by atoms with Gasteiger partial charge in [-0.2, -0.15) is 0 Å². The fourth-order valence-corrected chi connectivity index (χ4v) is 3.96. The first kappa shape index (κ1) is 17.1. The summed E-state index contributed by atoms with van der Waals surface area (Å²) in [5, 5.41) is 0.883. The van der Waals surface area contributed by atoms with Gasteiger partial charge in [-0.1, -0.05) is 0 Å². The lowest BCUT2D eigenvalue weighted by Gasteiger charge is -2.06. The summed E-state index contributed by atoms with van der Waals surface area (Å²) < 4.78 is 5.32. The summed E-state index contributed by atoms with van der Waals surface area (Å²) in [6.07, 6.45) is 0. The van der Waals surface area contributed by atoms with Crippen molar-refractivity contribution in [2.24, 2.45) is 0 Å². The standard InChI is InChI=1S/C17H18N4O3S/c1-7-6-12(10(4)24-7)15(22)20-21-16(23)14-8(2)13-9(3)18-11(5)19-17(13)25-14/h6H,1-5H3,(H,20,22)(H,21,23). The number of aromatic nitrogens is 2. The molecule has 0 fully saturated rings. The molecular weight excluding hydrogens is 340 g/mol. The second-order valence-electron chi connectivity index (χ2n) is 5.83. The predicted octanol–water partition coefficient (Wildman–Crippen LogP) is 2.90. The zero-order chi connectivity index (χ0) is 18.3. The average Bonchev–Trinajstić information content (AvgIpc) is 3.04. The van der Waals surface area contributed by atoms with E-state index in [0.29, 0.717) is 27.8 Å². The number of hydrogen-bond donors (Lipinski definition) is 2. The number of nitrogens with one attached hydrogen (secondary N) is 2. The first-order valence-electron chi connectivity index (χ1n) is 7.70. The monoisotopic (exact) mass is 358 g/mol. The minimum absolute atomic E-state index is 0.385. The van der Waals surface area contributed by atoms with Crippen molar-refractivity contribution >= 4 is 33.4 Å². The maximum Gasteiger partial charge on any atom is 0.280 e. The molecule has 0 aliphatic heterocycles. The number of furan rings is 1. The fraction of sp³-hybridized carbons (Fsp3) is 0.294. The number of carbonyl (C=O) groups is 2. The van der Waals surface area contributed by atoms with E-state index in [1.807, 2.05) is 20.8 Å². The number of thiophene rings is 1. The van der Waals surface area contributed by atoms with Crippen LogP contribution in [0.5, 0.6) is 0 Å². The summed E-state index contributed by atoms with van der Waals surface area (Å²) in [6.45, 7) is 9.02. The third-order valence-electron chi connectivity index (χ3n) is 3.86. The van der Waals surface area contributed by atoms with Crippen LogP contribution in [0, 0.1) is 34.6 Å². The maximum atomic E-state index is 12.5. The van der Waals surface area contributed by atoms with E-state index in [0.717, 1.165) is 21.5 Å². The van der Waals surface area contributed by atoms with Crippen LogP contribution in [0.4, 0.5) is 0 Å². The topological polar surface area (TPSA) is 97.1 Å². The molecule has 0 spiro atoms. The van der Waals surface area contributed by atoms with Crippen molar-refractivity contribution in [3.05, 3.63) is 45.1 Å². The lowest BCUT2D eigenvalue weighted by atomic mass is 10.1. The van der Waals surface area contributed by atoms with E-state index in [1.165, 1.54) is 11.3 Å². The largest absolute Gasteiger partial charge is 0.466 e. The van der Waals surface area contributed by atoms with E-state index >= 15 is 0 Å². The van der Waals surface area contributed by atoms with Crippen LogP contribution in [0.25, 0.3) is 10.2 Å². The Morgan fingerprint density at radius 3 is 2.36 bits per heavy atom. The zero-order valence-corrected chi connectivity index (χ0v) is 15.4. The molecule has 0 atom stereocenters. The molecule has 130 valence electrons. The highest BCUT2D eigenvalue weighted by molar-refractivity contribution is 7.20. The van der Waals surface area contributed by atoms with Gasteiger partial charge >= 0.3 is 0 Å². The number of nitrogens with zero attached hydrogens (tertiary/aromatic N) is 2. The van der Waals surface area contributed by atoms with E-state index in [1.54, 1.807) is 19.9 Å². The van der Waals surface area contributed by atoms with Gasteiger partial charge in [-0.3, -0.25) is 20.4 Å². The van der Waals surface area contributed by atoms with Gasteiger partial charge in [0.15, 0.2) is 0 Å². The molecule has 2 N–H and O–H groups in total. The molecule has 3 aromatic heterocycles. The minimum atomic E-state index is -0.423. The van der Waals surface area contributed by atoms with E-state index in [4.69, 9.17) is 4.42 Å². The van der Waals surface area contributed by atoms with E-state index in [-0.39, 0.29) is 5.91 Å². The van der Waals surface area contributed by atoms with Crippen LogP contribution in [-0.2, 0) is 0 Å². The third kappa shape index (κ3) is 3.12. The SMILES string of the molecule is Cc1nc(C)c2c(C)c(C(=O)NNC(=O)c3cc(C)oc3C)sc2n1. The van der Waals surface area contributed by atoms with Crippen molar-refractivity contribution in [3.63, 3.8) is 0 Å². The molecule has 3 rings (SSSR count). The molecule has 0 unspecified atom stereocenters. The molecule has 7 nitrogen and oxygen atoms in total. The summed E-state index contributed by atoms with van der Waals surface area (Å²) in [6, 6.07) is 1.63. The molecule has 8 heteroatoms. The number of hydrogen-bond acceptors (Lipinski definition) is 6. The molecule has 3 heterocycles. The number of rotatable bonds is 2. The first-order valence-corrected chi connectivity index (χ1v) is 8.51. The molecule has 25 heavy (non-hydrogen) atoms. The molecule has 0 aliphatic rings. The number of fused-ring (bicyclic) bond motifs is 1. The van der Waals surface area contributed by atoms with Gasteiger partial charge in [0.25, 0.3) is 11.8 Å². The summed E-state index contributed by atoms with van der Waals surface area (Å²) in [5.41, 5.74) is 6.91. The summed E-state index contributed by atoms with van der Waals surface area (Å²) in [7, 11) is 0. The Balaban J connectivity index is 1.81. The Labute approximate surface area is 148 Å². The molecule has 0 saturated heterocycles. The second kappa shape index (κ2) is 6.29. The molecule has 0 aliphatic carbocycles. The van der Waals surface area contributed by atoms with Crippen molar-refractivity contribution < 1.29 is 14.0 Å². The third-order valence-corrected chi connectivity index (χ3v) is 5.05. The minimum Gasteiger partial charge on any atom is -0.466 e. The predicted molar refractivity (Wildman–Crippen MR) is 94.7 cm³/mol. The van der Waals surface area contributed by atoms with Crippen molar-refractivity contribution in [2.75, 3.05) is 0 Å². The van der Waals surface area contributed by atoms with Gasteiger partial charge in [0.05, 0.1) is 10.4 Å². The molecule has 0 radical (unpaired) electrons. The Kier molecular flexibility index (Phi) is 4.30. The molecule has 0 bridgehead atoms. The molecule has 0 aromatic carbocycles. The second-order valence-corrected chi connectivity index (χ2v) is 6.83. The van der Waals surface area contributed by atoms with E-state index < -0.39 is 5.91 Å². The van der Waals surface area contributed by atoms with Gasteiger partial charge in [-0.25, -0.2) is 9.97 Å². The Morgan fingerprint density at radius 1 is 1.04 bits per heavy atom.